The molecule has 6 nitrogen and oxygen atoms in total. The third kappa shape index (κ3) is 7.25. The monoisotopic (exact) mass is 430 g/mol. The lowest BCUT2D eigenvalue weighted by atomic mass is 10.1. The van der Waals surface area contributed by atoms with Crippen molar-refractivity contribution < 1.29 is 9.59 Å². The summed E-state index contributed by atoms with van der Waals surface area (Å²) in [6.45, 7) is 0.550. The van der Waals surface area contributed by atoms with Gasteiger partial charge in [-0.2, -0.15) is 0 Å². The zero-order valence-electron chi connectivity index (χ0n) is 18.1. The summed E-state index contributed by atoms with van der Waals surface area (Å²) in [6.07, 6.45) is 2.95. The Bertz CT molecular complexity index is 1020. The van der Waals surface area contributed by atoms with Crippen LogP contribution in [-0.2, 0) is 17.6 Å². The van der Waals surface area contributed by atoms with Gasteiger partial charge in [-0.25, -0.2) is 0 Å². The number of hydrogen-bond acceptors (Lipinski definition) is 4. The minimum Gasteiger partial charge on any atom is -0.399 e. The quantitative estimate of drug-likeness (QED) is 0.291. The number of benzene rings is 3. The first kappa shape index (κ1) is 23.0. The number of carbonyl (C=O) groups is 2. The third-order valence-corrected chi connectivity index (χ3v) is 5.18. The van der Waals surface area contributed by atoms with Gasteiger partial charge in [-0.15, -0.1) is 0 Å². The maximum atomic E-state index is 12.5. The molecule has 1 atom stereocenters. The van der Waals surface area contributed by atoms with Gasteiger partial charge in [-0.1, -0.05) is 60.7 Å². The Hall–Kier alpha value is -3.64. The van der Waals surface area contributed by atoms with Crippen molar-refractivity contribution in [2.45, 2.75) is 31.7 Å². The summed E-state index contributed by atoms with van der Waals surface area (Å²) in [7, 11) is 0. The lowest BCUT2D eigenvalue weighted by molar-refractivity contribution is -0.117. The van der Waals surface area contributed by atoms with E-state index in [1.165, 1.54) is 5.56 Å². The Morgan fingerprint density at radius 3 is 2.12 bits per heavy atom. The van der Waals surface area contributed by atoms with Crippen LogP contribution in [-0.4, -0.2) is 24.4 Å². The molecule has 32 heavy (non-hydrogen) atoms. The van der Waals surface area contributed by atoms with Crippen molar-refractivity contribution in [2.75, 3.05) is 17.6 Å². The zero-order chi connectivity index (χ0) is 22.8. The first-order valence-corrected chi connectivity index (χ1v) is 10.8. The minimum absolute atomic E-state index is 0.228. The summed E-state index contributed by atoms with van der Waals surface area (Å²) in [5.74, 6) is -0.532. The predicted molar refractivity (Wildman–Crippen MR) is 129 cm³/mol. The molecule has 3 aromatic carbocycles. The summed E-state index contributed by atoms with van der Waals surface area (Å²) < 4.78 is 0. The smallest absolute Gasteiger partial charge is 0.251 e. The average Bonchev–Trinajstić information content (AvgIpc) is 2.81. The highest BCUT2D eigenvalue weighted by Gasteiger charge is 2.15. The van der Waals surface area contributed by atoms with Gasteiger partial charge in [-0.3, -0.25) is 9.59 Å². The molecule has 0 unspecified atom stereocenters. The van der Waals surface area contributed by atoms with Crippen LogP contribution in [0.15, 0.2) is 78.9 Å². The molecule has 0 bridgehead atoms. The molecule has 0 aromatic heterocycles. The maximum absolute atomic E-state index is 12.5. The lowest BCUT2D eigenvalue weighted by Gasteiger charge is -2.14. The summed E-state index contributed by atoms with van der Waals surface area (Å²) in [6, 6.07) is 24.2. The van der Waals surface area contributed by atoms with Gasteiger partial charge in [0.05, 0.1) is 6.04 Å². The molecule has 0 aliphatic heterocycles. The number of rotatable bonds is 10. The van der Waals surface area contributed by atoms with E-state index in [0.29, 0.717) is 36.3 Å². The number of carbonyl (C=O) groups excluding carboxylic acids is 2. The highest BCUT2D eigenvalue weighted by atomic mass is 16.2. The van der Waals surface area contributed by atoms with Gasteiger partial charge in [0, 0.05) is 23.5 Å². The van der Waals surface area contributed by atoms with Crippen molar-refractivity contribution in [3.63, 3.8) is 0 Å². The van der Waals surface area contributed by atoms with Gasteiger partial charge in [0.15, 0.2) is 0 Å². The molecule has 0 aliphatic rings. The highest BCUT2D eigenvalue weighted by molar-refractivity contribution is 5.99. The molecule has 3 rings (SSSR count). The van der Waals surface area contributed by atoms with Gasteiger partial charge in [0.25, 0.3) is 5.91 Å². The molecule has 6 N–H and O–H groups in total. The molecule has 0 saturated carbocycles. The van der Waals surface area contributed by atoms with Crippen molar-refractivity contribution in [3.05, 3.63) is 95.6 Å². The molecular formula is C26H30N4O2. The average molecular weight is 431 g/mol. The number of anilines is 2. The van der Waals surface area contributed by atoms with E-state index in [-0.39, 0.29) is 11.8 Å². The topological polar surface area (TPSA) is 110 Å². The Balaban J connectivity index is 1.50. The van der Waals surface area contributed by atoms with Crippen molar-refractivity contribution in [1.82, 2.24) is 5.32 Å². The normalized spacial score (nSPS) is 11.5. The van der Waals surface area contributed by atoms with E-state index in [0.717, 1.165) is 18.4 Å². The number of aryl methyl sites for hydroxylation is 2. The van der Waals surface area contributed by atoms with Crippen LogP contribution in [0.5, 0.6) is 0 Å². The molecule has 166 valence electrons. The standard InChI is InChI=1S/C26H30N4O2/c27-22-16-21(25(31)29-15-7-12-19-8-3-1-4-9-19)17-23(18-22)30-26(32)24(28)14-13-20-10-5-2-6-11-20/h1-6,8-11,16-18,24H,7,12-15,27-28H2,(H,29,31)(H,30,32)/t24-/m0/s1. The van der Waals surface area contributed by atoms with Gasteiger partial charge < -0.3 is 22.1 Å². The van der Waals surface area contributed by atoms with Crippen molar-refractivity contribution >= 4 is 23.2 Å². The Kier molecular flexibility index (Phi) is 8.40. The van der Waals surface area contributed by atoms with Gasteiger partial charge in [-0.05, 0) is 55.0 Å². The van der Waals surface area contributed by atoms with Crippen LogP contribution < -0.4 is 22.1 Å². The largest absolute Gasteiger partial charge is 0.399 e. The van der Waals surface area contributed by atoms with Crippen LogP contribution >= 0.6 is 0 Å². The molecule has 0 aliphatic carbocycles. The van der Waals surface area contributed by atoms with Crippen molar-refractivity contribution in [3.8, 4) is 0 Å². The van der Waals surface area contributed by atoms with E-state index < -0.39 is 6.04 Å². The second-order valence-electron chi connectivity index (χ2n) is 7.81. The molecule has 0 saturated heterocycles. The number of nitrogen functional groups attached to an aromatic ring is 1. The third-order valence-electron chi connectivity index (χ3n) is 5.18. The first-order valence-electron chi connectivity index (χ1n) is 10.8. The first-order chi connectivity index (χ1) is 15.5. The van der Waals surface area contributed by atoms with Crippen LogP contribution in [0.4, 0.5) is 11.4 Å². The molecule has 0 spiro atoms. The number of nitrogens with one attached hydrogen (secondary N) is 2. The van der Waals surface area contributed by atoms with Crippen LogP contribution in [0.1, 0.15) is 34.3 Å². The van der Waals surface area contributed by atoms with Crippen LogP contribution in [0, 0.1) is 0 Å². The van der Waals surface area contributed by atoms with Crippen LogP contribution in [0.25, 0.3) is 0 Å². The predicted octanol–water partition coefficient (Wildman–Crippen LogP) is 3.53. The van der Waals surface area contributed by atoms with Crippen LogP contribution in [0.3, 0.4) is 0 Å². The molecule has 0 fully saturated rings. The molecule has 2 amide bonds. The molecular weight excluding hydrogens is 400 g/mol. The van der Waals surface area contributed by atoms with E-state index >= 15 is 0 Å². The molecule has 3 aromatic rings. The fourth-order valence-corrected chi connectivity index (χ4v) is 3.43. The van der Waals surface area contributed by atoms with Crippen molar-refractivity contribution in [2.24, 2.45) is 5.73 Å². The maximum Gasteiger partial charge on any atom is 0.251 e. The van der Waals surface area contributed by atoms with Gasteiger partial charge in [0.2, 0.25) is 5.91 Å². The van der Waals surface area contributed by atoms with E-state index in [1.54, 1.807) is 18.2 Å². The second kappa shape index (κ2) is 11.7. The summed E-state index contributed by atoms with van der Waals surface area (Å²) in [5, 5.41) is 5.69. The van der Waals surface area contributed by atoms with Crippen molar-refractivity contribution in [1.29, 1.82) is 0 Å². The number of hydrogen-bond donors (Lipinski definition) is 4. The van der Waals surface area contributed by atoms with E-state index in [4.69, 9.17) is 11.5 Å². The van der Waals surface area contributed by atoms with Gasteiger partial charge in [0.1, 0.15) is 0 Å². The van der Waals surface area contributed by atoms with E-state index in [1.807, 2.05) is 48.5 Å². The zero-order valence-corrected chi connectivity index (χ0v) is 18.1. The molecule has 0 heterocycles. The molecule has 6 heteroatoms. The SMILES string of the molecule is Nc1cc(NC(=O)[C@@H](N)CCc2ccccc2)cc(C(=O)NCCCc2ccccc2)c1. The lowest BCUT2D eigenvalue weighted by Crippen LogP contribution is -2.36. The fourth-order valence-electron chi connectivity index (χ4n) is 3.43. The Morgan fingerprint density at radius 2 is 1.47 bits per heavy atom. The summed E-state index contributed by atoms with van der Waals surface area (Å²) in [4.78, 5) is 25.0. The summed E-state index contributed by atoms with van der Waals surface area (Å²) >= 11 is 0. The minimum atomic E-state index is -0.660. The summed E-state index contributed by atoms with van der Waals surface area (Å²) in [5.41, 5.74) is 15.6. The second-order valence-corrected chi connectivity index (χ2v) is 7.81. The number of nitrogens with two attached hydrogens (primary N) is 2. The Labute approximate surface area is 189 Å². The van der Waals surface area contributed by atoms with E-state index in [2.05, 4.69) is 22.8 Å². The van der Waals surface area contributed by atoms with Crippen LogP contribution in [0.2, 0.25) is 0 Å². The fraction of sp³-hybridized carbons (Fsp3) is 0.231. The van der Waals surface area contributed by atoms with Gasteiger partial charge >= 0.3 is 0 Å². The number of amides is 2. The highest BCUT2D eigenvalue weighted by Crippen LogP contribution is 2.17. The molecule has 0 radical (unpaired) electrons. The Morgan fingerprint density at radius 1 is 0.844 bits per heavy atom. The van der Waals surface area contributed by atoms with E-state index in [9.17, 15) is 9.59 Å².